The molecule has 1 aliphatic rings. The fourth-order valence-corrected chi connectivity index (χ4v) is 2.93. The highest BCUT2D eigenvalue weighted by Crippen LogP contribution is 2.23. The van der Waals surface area contributed by atoms with E-state index >= 15 is 0 Å². The lowest BCUT2D eigenvalue weighted by Gasteiger charge is -2.21. The fraction of sp³-hybridized carbons (Fsp3) is 0.556. The molecule has 23 heavy (non-hydrogen) atoms. The van der Waals surface area contributed by atoms with E-state index in [-0.39, 0.29) is 11.8 Å². The Bertz CT molecular complexity index is 510. The molecular formula is C18H26N2O2S. The highest BCUT2D eigenvalue weighted by atomic mass is 32.1. The first kappa shape index (κ1) is 17.7. The summed E-state index contributed by atoms with van der Waals surface area (Å²) in [4.78, 5) is 12.1. The first-order valence-electron chi connectivity index (χ1n) is 8.53. The second-order valence-corrected chi connectivity index (χ2v) is 6.41. The first-order chi connectivity index (χ1) is 11.2. The van der Waals surface area contributed by atoms with E-state index in [9.17, 15) is 4.79 Å². The molecule has 0 unspecified atom stereocenters. The number of unbranched alkanes of at least 4 members (excludes halogenated alkanes) is 1. The largest absolute Gasteiger partial charge is 0.494 e. The zero-order valence-corrected chi connectivity index (χ0v) is 14.6. The van der Waals surface area contributed by atoms with Gasteiger partial charge in [-0.2, -0.15) is 0 Å². The summed E-state index contributed by atoms with van der Waals surface area (Å²) in [5.74, 6) is 1.00. The van der Waals surface area contributed by atoms with Gasteiger partial charge in [-0.05, 0) is 55.7 Å². The number of ether oxygens (including phenoxy) is 1. The molecule has 126 valence electrons. The molecule has 2 rings (SSSR count). The summed E-state index contributed by atoms with van der Waals surface area (Å²) in [6.45, 7) is 2.87. The van der Waals surface area contributed by atoms with Gasteiger partial charge in [-0.25, -0.2) is 0 Å². The third kappa shape index (κ3) is 6.18. The molecule has 0 bridgehead atoms. The molecule has 5 heteroatoms. The molecule has 0 aromatic heterocycles. The normalized spacial score (nSPS) is 15.0. The van der Waals surface area contributed by atoms with E-state index in [1.54, 1.807) is 0 Å². The molecule has 1 aromatic rings. The van der Waals surface area contributed by atoms with Gasteiger partial charge >= 0.3 is 0 Å². The van der Waals surface area contributed by atoms with Crippen molar-refractivity contribution in [1.29, 1.82) is 0 Å². The van der Waals surface area contributed by atoms with Crippen molar-refractivity contribution in [1.82, 2.24) is 5.32 Å². The van der Waals surface area contributed by atoms with E-state index in [1.807, 2.05) is 24.3 Å². The summed E-state index contributed by atoms with van der Waals surface area (Å²) in [7, 11) is 0. The molecule has 4 nitrogen and oxygen atoms in total. The van der Waals surface area contributed by atoms with Crippen LogP contribution in [0.5, 0.6) is 5.75 Å². The van der Waals surface area contributed by atoms with E-state index < -0.39 is 0 Å². The molecule has 1 amide bonds. The topological polar surface area (TPSA) is 50.4 Å². The van der Waals surface area contributed by atoms with Crippen LogP contribution in [0.2, 0.25) is 0 Å². The lowest BCUT2D eigenvalue weighted by atomic mass is 9.89. The number of amides is 1. The molecule has 2 N–H and O–H groups in total. The van der Waals surface area contributed by atoms with Gasteiger partial charge in [0, 0.05) is 11.6 Å². The van der Waals surface area contributed by atoms with Crippen molar-refractivity contribution in [2.75, 3.05) is 11.9 Å². The highest BCUT2D eigenvalue weighted by molar-refractivity contribution is 7.80. The van der Waals surface area contributed by atoms with Crippen LogP contribution in [0.3, 0.4) is 0 Å². The van der Waals surface area contributed by atoms with Crippen LogP contribution in [-0.2, 0) is 4.79 Å². The Hall–Kier alpha value is -1.62. The average molecular weight is 334 g/mol. The molecule has 0 atom stereocenters. The van der Waals surface area contributed by atoms with Gasteiger partial charge in [-0.15, -0.1) is 0 Å². The van der Waals surface area contributed by atoms with Crippen LogP contribution in [0.1, 0.15) is 51.9 Å². The number of hydrogen-bond acceptors (Lipinski definition) is 3. The summed E-state index contributed by atoms with van der Waals surface area (Å²) in [5.41, 5.74) is 0.849. The number of rotatable bonds is 6. The Labute approximate surface area is 144 Å². The zero-order valence-electron chi connectivity index (χ0n) is 13.8. The third-order valence-corrected chi connectivity index (χ3v) is 4.30. The van der Waals surface area contributed by atoms with Crippen LogP contribution in [-0.4, -0.2) is 17.6 Å². The Balaban J connectivity index is 1.77. The van der Waals surface area contributed by atoms with Crippen molar-refractivity contribution < 1.29 is 9.53 Å². The van der Waals surface area contributed by atoms with E-state index in [0.717, 1.165) is 56.6 Å². The lowest BCUT2D eigenvalue weighted by molar-refractivity contribution is -0.124. The van der Waals surface area contributed by atoms with Gasteiger partial charge in [0.1, 0.15) is 5.75 Å². The Kier molecular flexibility index (Phi) is 7.33. The minimum absolute atomic E-state index is 0.0433. The van der Waals surface area contributed by atoms with Crippen molar-refractivity contribution in [3.63, 3.8) is 0 Å². The molecule has 1 fully saturated rings. The minimum Gasteiger partial charge on any atom is -0.494 e. The van der Waals surface area contributed by atoms with Gasteiger partial charge in [-0.3, -0.25) is 4.79 Å². The monoisotopic (exact) mass is 334 g/mol. The number of benzene rings is 1. The van der Waals surface area contributed by atoms with E-state index in [2.05, 4.69) is 17.6 Å². The van der Waals surface area contributed by atoms with E-state index in [4.69, 9.17) is 17.0 Å². The van der Waals surface area contributed by atoms with Crippen molar-refractivity contribution in [3.05, 3.63) is 24.3 Å². The van der Waals surface area contributed by atoms with Gasteiger partial charge in [0.2, 0.25) is 5.91 Å². The SMILES string of the molecule is CCCCOc1ccc(NC(=S)NC(=O)C2CCCCC2)cc1. The highest BCUT2D eigenvalue weighted by Gasteiger charge is 2.21. The molecule has 0 spiro atoms. The maximum absolute atomic E-state index is 12.1. The Morgan fingerprint density at radius 1 is 1.22 bits per heavy atom. The van der Waals surface area contributed by atoms with Crippen molar-refractivity contribution in [3.8, 4) is 5.75 Å². The number of hydrogen-bond donors (Lipinski definition) is 2. The fourth-order valence-electron chi connectivity index (χ4n) is 2.71. The van der Waals surface area contributed by atoms with Crippen LogP contribution in [0.25, 0.3) is 0 Å². The van der Waals surface area contributed by atoms with Gasteiger partial charge in [0.05, 0.1) is 6.61 Å². The number of thiocarbonyl (C=S) groups is 1. The second kappa shape index (κ2) is 9.50. The standard InChI is InChI=1S/C18H26N2O2S/c1-2-3-13-22-16-11-9-15(10-12-16)19-18(23)20-17(21)14-7-5-4-6-8-14/h9-12,14H,2-8,13H2,1H3,(H2,19,20,21,23). The predicted octanol–water partition coefficient (Wildman–Crippen LogP) is 4.26. The molecular weight excluding hydrogens is 308 g/mol. The Morgan fingerprint density at radius 2 is 1.91 bits per heavy atom. The van der Waals surface area contributed by atoms with Gasteiger partial charge in [0.15, 0.2) is 5.11 Å². The molecule has 1 aliphatic carbocycles. The average Bonchev–Trinajstić information content (AvgIpc) is 2.57. The molecule has 0 radical (unpaired) electrons. The number of carbonyl (C=O) groups is 1. The molecule has 1 aromatic carbocycles. The van der Waals surface area contributed by atoms with Crippen LogP contribution in [0.15, 0.2) is 24.3 Å². The molecule has 0 heterocycles. The summed E-state index contributed by atoms with van der Waals surface area (Å²) in [5, 5.41) is 6.22. The third-order valence-electron chi connectivity index (χ3n) is 4.09. The summed E-state index contributed by atoms with van der Waals surface area (Å²) < 4.78 is 5.62. The molecule has 1 saturated carbocycles. The maximum Gasteiger partial charge on any atom is 0.229 e. The maximum atomic E-state index is 12.1. The molecule has 0 aliphatic heterocycles. The summed E-state index contributed by atoms with van der Waals surface area (Å²) in [6, 6.07) is 7.62. The Morgan fingerprint density at radius 3 is 2.57 bits per heavy atom. The van der Waals surface area contributed by atoms with Gasteiger partial charge in [0.25, 0.3) is 0 Å². The van der Waals surface area contributed by atoms with Gasteiger partial charge < -0.3 is 15.4 Å². The smallest absolute Gasteiger partial charge is 0.229 e. The zero-order chi connectivity index (χ0) is 16.5. The van der Waals surface area contributed by atoms with Crippen LogP contribution >= 0.6 is 12.2 Å². The van der Waals surface area contributed by atoms with Crippen molar-refractivity contribution >= 4 is 28.9 Å². The second-order valence-electron chi connectivity index (χ2n) is 6.00. The lowest BCUT2D eigenvalue weighted by Crippen LogP contribution is -2.38. The minimum atomic E-state index is 0.0433. The van der Waals surface area contributed by atoms with Crippen LogP contribution in [0.4, 0.5) is 5.69 Å². The predicted molar refractivity (Wildman–Crippen MR) is 97.8 cm³/mol. The van der Waals surface area contributed by atoms with Crippen molar-refractivity contribution in [2.45, 2.75) is 51.9 Å². The van der Waals surface area contributed by atoms with Crippen LogP contribution < -0.4 is 15.4 Å². The summed E-state index contributed by atoms with van der Waals surface area (Å²) in [6.07, 6.45) is 7.62. The van der Waals surface area contributed by atoms with E-state index in [0.29, 0.717) is 5.11 Å². The van der Waals surface area contributed by atoms with E-state index in [1.165, 1.54) is 6.42 Å². The summed E-state index contributed by atoms with van der Waals surface area (Å²) >= 11 is 5.23. The van der Waals surface area contributed by atoms with Gasteiger partial charge in [-0.1, -0.05) is 32.6 Å². The quantitative estimate of drug-likeness (QED) is 0.603. The molecule has 0 saturated heterocycles. The number of nitrogens with one attached hydrogen (secondary N) is 2. The van der Waals surface area contributed by atoms with Crippen LogP contribution in [0, 0.1) is 5.92 Å². The number of anilines is 1. The van der Waals surface area contributed by atoms with Crippen molar-refractivity contribution in [2.24, 2.45) is 5.92 Å². The number of carbonyl (C=O) groups excluding carboxylic acids is 1. The first-order valence-corrected chi connectivity index (χ1v) is 8.94.